The Bertz CT molecular complexity index is 114. The predicted octanol–water partition coefficient (Wildman–Crippen LogP) is 4.04. The van der Waals surface area contributed by atoms with E-state index in [2.05, 4.69) is 31.9 Å². The van der Waals surface area contributed by atoms with Gasteiger partial charge in [0.25, 0.3) is 0 Å². The van der Waals surface area contributed by atoms with Crippen LogP contribution >= 0.6 is 43.6 Å². The lowest BCUT2D eigenvalue weighted by atomic mass is 10.2. The molecule has 0 aromatic heterocycles. The monoisotopic (exact) mass is 328 g/mol. The van der Waals surface area contributed by atoms with Crippen LogP contribution in [0.5, 0.6) is 0 Å². The predicted molar refractivity (Wildman–Crippen MR) is 54.2 cm³/mol. The molecule has 0 saturated heterocycles. The molecule has 6 heteroatoms. The van der Waals surface area contributed by atoms with Gasteiger partial charge in [0, 0.05) is 16.4 Å². The number of hydrogen-bond donors (Lipinski definition) is 0. The second kappa shape index (κ2) is 6.54. The highest BCUT2D eigenvalue weighted by Gasteiger charge is 2.27. The maximum Gasteiger partial charge on any atom is 0.441 e. The van der Waals surface area contributed by atoms with E-state index < -0.39 is 5.51 Å². The van der Waals surface area contributed by atoms with Gasteiger partial charge in [-0.05, 0) is 12.3 Å². The normalized spacial score (nSPS) is 12.5. The standard InChI is InChI=1S/C6H9Br2F3S/c7-3-5(4-8)1-2-12-6(9,10)11/h5H,1-4H2. The van der Waals surface area contributed by atoms with Crippen LogP contribution in [-0.4, -0.2) is 21.9 Å². The summed E-state index contributed by atoms with van der Waals surface area (Å²) in [6.45, 7) is 0. The number of rotatable bonds is 5. The third kappa shape index (κ3) is 7.73. The van der Waals surface area contributed by atoms with Gasteiger partial charge in [0.05, 0.1) is 0 Å². The van der Waals surface area contributed by atoms with Crippen LogP contribution in [0.3, 0.4) is 0 Å². The van der Waals surface area contributed by atoms with Crippen LogP contribution < -0.4 is 0 Å². The molecule has 0 saturated carbocycles. The van der Waals surface area contributed by atoms with Gasteiger partial charge in [0.15, 0.2) is 0 Å². The summed E-state index contributed by atoms with van der Waals surface area (Å²) in [7, 11) is 0. The van der Waals surface area contributed by atoms with Gasteiger partial charge < -0.3 is 0 Å². The summed E-state index contributed by atoms with van der Waals surface area (Å²) in [5, 5.41) is 1.49. The van der Waals surface area contributed by atoms with Crippen LogP contribution in [0.25, 0.3) is 0 Å². The van der Waals surface area contributed by atoms with Crippen LogP contribution in [0.1, 0.15) is 6.42 Å². The van der Waals surface area contributed by atoms with Crippen molar-refractivity contribution in [3.63, 3.8) is 0 Å². The zero-order chi connectivity index (χ0) is 9.61. The topological polar surface area (TPSA) is 0 Å². The average Bonchev–Trinajstić information content (AvgIpc) is 1.96. The van der Waals surface area contributed by atoms with Gasteiger partial charge in [-0.3, -0.25) is 0 Å². The second-order valence-corrected chi connectivity index (χ2v) is 4.71. The molecule has 0 spiro atoms. The van der Waals surface area contributed by atoms with E-state index in [9.17, 15) is 13.2 Å². The quantitative estimate of drug-likeness (QED) is 0.686. The van der Waals surface area contributed by atoms with Crippen molar-refractivity contribution >= 4 is 43.6 Å². The molecule has 0 bridgehead atoms. The lowest BCUT2D eigenvalue weighted by molar-refractivity contribution is -0.0328. The number of thioether (sulfide) groups is 1. The minimum Gasteiger partial charge on any atom is -0.160 e. The Balaban J connectivity index is 3.41. The molecule has 0 fully saturated rings. The van der Waals surface area contributed by atoms with E-state index in [1.54, 1.807) is 0 Å². The third-order valence-corrected chi connectivity index (χ3v) is 3.83. The first-order chi connectivity index (χ1) is 5.49. The molecule has 0 nitrogen and oxygen atoms in total. The Morgan fingerprint density at radius 1 is 1.17 bits per heavy atom. The van der Waals surface area contributed by atoms with Gasteiger partial charge in [-0.15, -0.1) is 0 Å². The van der Waals surface area contributed by atoms with Crippen molar-refractivity contribution in [2.24, 2.45) is 5.92 Å². The van der Waals surface area contributed by atoms with Gasteiger partial charge >= 0.3 is 5.51 Å². The van der Waals surface area contributed by atoms with Crippen molar-refractivity contribution in [1.82, 2.24) is 0 Å². The van der Waals surface area contributed by atoms with E-state index in [4.69, 9.17) is 0 Å². The van der Waals surface area contributed by atoms with Gasteiger partial charge in [-0.1, -0.05) is 43.6 Å². The summed E-state index contributed by atoms with van der Waals surface area (Å²) in [5.74, 6) is 0.436. The van der Waals surface area contributed by atoms with Crippen molar-refractivity contribution in [2.45, 2.75) is 11.9 Å². The first kappa shape index (κ1) is 13.1. The van der Waals surface area contributed by atoms with Gasteiger partial charge in [-0.2, -0.15) is 13.2 Å². The van der Waals surface area contributed by atoms with Gasteiger partial charge in [-0.25, -0.2) is 0 Å². The molecule has 0 aliphatic rings. The van der Waals surface area contributed by atoms with E-state index >= 15 is 0 Å². The molecule has 12 heavy (non-hydrogen) atoms. The summed E-state index contributed by atoms with van der Waals surface area (Å²) in [5.41, 5.74) is -4.08. The van der Waals surface area contributed by atoms with Crippen molar-refractivity contribution in [3.05, 3.63) is 0 Å². The maximum atomic E-state index is 11.7. The van der Waals surface area contributed by atoms with Crippen molar-refractivity contribution < 1.29 is 13.2 Å². The molecule has 0 aliphatic carbocycles. The van der Waals surface area contributed by atoms with Crippen LogP contribution in [-0.2, 0) is 0 Å². The molecule has 0 heterocycles. The Hall–Kier alpha value is 1.10. The highest BCUT2D eigenvalue weighted by molar-refractivity contribution is 9.09. The molecule has 0 radical (unpaired) electrons. The fourth-order valence-corrected chi connectivity index (χ4v) is 2.94. The Morgan fingerprint density at radius 3 is 2.00 bits per heavy atom. The lowest BCUT2D eigenvalue weighted by Crippen LogP contribution is -2.08. The summed E-state index contributed by atoms with van der Waals surface area (Å²) in [6.07, 6.45) is 0.584. The number of halogens is 5. The van der Waals surface area contributed by atoms with Crippen molar-refractivity contribution in [3.8, 4) is 0 Å². The Labute approximate surface area is 90.9 Å². The molecule has 0 amide bonds. The summed E-state index contributed by atoms with van der Waals surface area (Å²) in [6, 6.07) is 0. The molecule has 74 valence electrons. The summed E-state index contributed by atoms with van der Waals surface area (Å²) < 4.78 is 35.0. The van der Waals surface area contributed by atoms with E-state index in [-0.39, 0.29) is 17.5 Å². The molecule has 0 aromatic rings. The Kier molecular flexibility index (Phi) is 7.14. The third-order valence-electron chi connectivity index (χ3n) is 1.23. The van der Waals surface area contributed by atoms with E-state index in [0.29, 0.717) is 12.3 Å². The molecular formula is C6H9Br2F3S. The molecule has 0 aliphatic heterocycles. The first-order valence-corrected chi connectivity index (χ1v) is 6.55. The molecular weight excluding hydrogens is 321 g/mol. The zero-order valence-electron chi connectivity index (χ0n) is 6.20. The molecule has 0 unspecified atom stereocenters. The Morgan fingerprint density at radius 2 is 1.67 bits per heavy atom. The fraction of sp³-hybridized carbons (Fsp3) is 1.00. The van der Waals surface area contributed by atoms with Crippen LogP contribution in [0.15, 0.2) is 0 Å². The molecule has 0 rings (SSSR count). The number of hydrogen-bond acceptors (Lipinski definition) is 1. The lowest BCUT2D eigenvalue weighted by Gasteiger charge is -2.10. The van der Waals surface area contributed by atoms with Crippen LogP contribution in [0.4, 0.5) is 13.2 Å². The van der Waals surface area contributed by atoms with E-state index in [0.717, 1.165) is 10.7 Å². The van der Waals surface area contributed by atoms with Crippen molar-refractivity contribution in [2.75, 3.05) is 16.4 Å². The minimum absolute atomic E-state index is 0.0510. The highest BCUT2D eigenvalue weighted by atomic mass is 79.9. The summed E-state index contributed by atoms with van der Waals surface area (Å²) in [4.78, 5) is 0. The van der Waals surface area contributed by atoms with E-state index in [1.807, 2.05) is 0 Å². The maximum absolute atomic E-state index is 11.7. The first-order valence-electron chi connectivity index (χ1n) is 3.32. The summed E-state index contributed by atoms with van der Waals surface area (Å²) >= 11 is 6.52. The highest BCUT2D eigenvalue weighted by Crippen LogP contribution is 2.31. The smallest absolute Gasteiger partial charge is 0.160 e. The molecule has 0 N–H and O–H groups in total. The van der Waals surface area contributed by atoms with Gasteiger partial charge in [0.2, 0.25) is 0 Å². The van der Waals surface area contributed by atoms with Crippen LogP contribution in [0, 0.1) is 5.92 Å². The van der Waals surface area contributed by atoms with Crippen molar-refractivity contribution in [1.29, 1.82) is 0 Å². The fourth-order valence-electron chi connectivity index (χ4n) is 0.537. The largest absolute Gasteiger partial charge is 0.441 e. The molecule has 0 atom stereocenters. The van der Waals surface area contributed by atoms with E-state index in [1.165, 1.54) is 0 Å². The minimum atomic E-state index is -4.08. The van der Waals surface area contributed by atoms with Crippen LogP contribution in [0.2, 0.25) is 0 Å². The SMILES string of the molecule is FC(F)(F)SCCC(CBr)CBr. The zero-order valence-corrected chi connectivity index (χ0v) is 10.2. The molecule has 0 aromatic carbocycles. The average molecular weight is 330 g/mol. The van der Waals surface area contributed by atoms with Gasteiger partial charge in [0.1, 0.15) is 0 Å². The second-order valence-electron chi connectivity index (χ2n) is 2.26. The number of alkyl halides is 5.